The Morgan fingerprint density at radius 3 is 2.35 bits per heavy atom. The summed E-state index contributed by atoms with van der Waals surface area (Å²) < 4.78 is 5.61. The Balaban J connectivity index is 1.98. The Labute approximate surface area is 134 Å². The fourth-order valence-electron chi connectivity index (χ4n) is 2.78. The second kappa shape index (κ2) is 7.43. The molecule has 3 atom stereocenters. The summed E-state index contributed by atoms with van der Waals surface area (Å²) >= 11 is 0. The van der Waals surface area contributed by atoms with Crippen LogP contribution in [0.4, 0.5) is 0 Å². The van der Waals surface area contributed by atoms with Crippen LogP contribution in [0, 0.1) is 0 Å². The van der Waals surface area contributed by atoms with Gasteiger partial charge in [0.2, 0.25) is 5.91 Å². The minimum absolute atomic E-state index is 0.0407. The zero-order valence-corrected chi connectivity index (χ0v) is 13.2. The molecule has 3 N–H and O–H groups in total. The predicted molar refractivity (Wildman–Crippen MR) is 83.1 cm³/mol. The standard InChI is InChI=1S/C16H22N2O5/c1-10-7-18(8-11(2)23-10)9-14(20)17-15(16(21)22)12-3-5-13(19)6-4-12/h3-6,10-11,15,19H,7-9H2,1-2H3,(H,17,20)(H,21,22)/t10-,11+,15-/m1/s1. The summed E-state index contributed by atoms with van der Waals surface area (Å²) in [5.41, 5.74) is 0.410. The van der Waals surface area contributed by atoms with Crippen molar-refractivity contribution in [2.24, 2.45) is 0 Å². The first kappa shape index (κ1) is 17.2. The number of carboxylic acid groups (broad SMARTS) is 1. The van der Waals surface area contributed by atoms with Crippen LogP contribution in [0.2, 0.25) is 0 Å². The third kappa shape index (κ3) is 4.94. The van der Waals surface area contributed by atoms with Crippen LogP contribution >= 0.6 is 0 Å². The summed E-state index contributed by atoms with van der Waals surface area (Å²) in [6, 6.07) is 4.60. The molecule has 1 fully saturated rings. The largest absolute Gasteiger partial charge is 0.508 e. The van der Waals surface area contributed by atoms with Gasteiger partial charge in [0.15, 0.2) is 6.04 Å². The predicted octanol–water partition coefficient (Wildman–Crippen LogP) is 0.743. The van der Waals surface area contributed by atoms with Gasteiger partial charge in [-0.1, -0.05) is 12.1 Å². The van der Waals surface area contributed by atoms with Crippen LogP contribution in [0.3, 0.4) is 0 Å². The first-order valence-electron chi connectivity index (χ1n) is 7.54. The number of carbonyl (C=O) groups excluding carboxylic acids is 1. The van der Waals surface area contributed by atoms with E-state index < -0.39 is 12.0 Å². The van der Waals surface area contributed by atoms with Gasteiger partial charge in [-0.15, -0.1) is 0 Å². The number of phenolic OH excluding ortho intramolecular Hbond substituents is 1. The smallest absolute Gasteiger partial charge is 0.330 e. The number of nitrogens with zero attached hydrogens (tertiary/aromatic N) is 1. The van der Waals surface area contributed by atoms with E-state index in [0.717, 1.165) is 0 Å². The number of carboxylic acids is 1. The lowest BCUT2D eigenvalue weighted by atomic mass is 10.1. The van der Waals surface area contributed by atoms with Gasteiger partial charge in [-0.25, -0.2) is 4.79 Å². The number of carbonyl (C=O) groups is 2. The second-order valence-electron chi connectivity index (χ2n) is 5.88. The zero-order chi connectivity index (χ0) is 17.0. The van der Waals surface area contributed by atoms with Crippen molar-refractivity contribution in [1.29, 1.82) is 0 Å². The van der Waals surface area contributed by atoms with E-state index in [0.29, 0.717) is 18.7 Å². The van der Waals surface area contributed by atoms with Gasteiger partial charge >= 0.3 is 5.97 Å². The summed E-state index contributed by atoms with van der Waals surface area (Å²) in [5.74, 6) is -1.46. The summed E-state index contributed by atoms with van der Waals surface area (Å²) in [6.07, 6.45) is 0.0813. The van der Waals surface area contributed by atoms with Crippen LogP contribution < -0.4 is 5.32 Å². The number of morpholine rings is 1. The molecule has 23 heavy (non-hydrogen) atoms. The number of hydrogen-bond donors (Lipinski definition) is 3. The Kier molecular flexibility index (Phi) is 5.57. The van der Waals surface area contributed by atoms with Crippen molar-refractivity contribution in [3.8, 4) is 5.75 Å². The minimum atomic E-state index is -1.15. The molecular formula is C16H22N2O5. The topological polar surface area (TPSA) is 99.1 Å². The zero-order valence-electron chi connectivity index (χ0n) is 13.2. The molecule has 0 bridgehead atoms. The number of phenols is 1. The summed E-state index contributed by atoms with van der Waals surface area (Å²) in [4.78, 5) is 25.5. The molecule has 0 unspecified atom stereocenters. The summed E-state index contributed by atoms with van der Waals surface area (Å²) in [5, 5.41) is 21.1. The number of benzene rings is 1. The number of rotatable bonds is 5. The normalized spacial score (nSPS) is 23.2. The van der Waals surface area contributed by atoms with E-state index in [4.69, 9.17) is 4.74 Å². The molecule has 7 nitrogen and oxygen atoms in total. The molecule has 1 heterocycles. The van der Waals surface area contributed by atoms with Crippen LogP contribution in [0.1, 0.15) is 25.5 Å². The molecule has 1 amide bonds. The van der Waals surface area contributed by atoms with E-state index >= 15 is 0 Å². The van der Waals surface area contributed by atoms with Crippen LogP contribution in [0.5, 0.6) is 5.75 Å². The van der Waals surface area contributed by atoms with E-state index in [-0.39, 0.29) is 30.4 Å². The molecular weight excluding hydrogens is 300 g/mol. The molecule has 0 radical (unpaired) electrons. The maximum Gasteiger partial charge on any atom is 0.330 e. The first-order chi connectivity index (χ1) is 10.8. The third-order valence-electron chi connectivity index (χ3n) is 3.64. The minimum Gasteiger partial charge on any atom is -0.508 e. The molecule has 2 rings (SSSR count). The van der Waals surface area contributed by atoms with Gasteiger partial charge in [-0.3, -0.25) is 9.69 Å². The summed E-state index contributed by atoms with van der Waals surface area (Å²) in [7, 11) is 0. The Hall–Kier alpha value is -2.12. The number of nitrogens with one attached hydrogen (secondary N) is 1. The number of aliphatic carboxylic acids is 1. The molecule has 0 spiro atoms. The highest BCUT2D eigenvalue weighted by Crippen LogP contribution is 2.17. The van der Waals surface area contributed by atoms with Crippen molar-refractivity contribution in [3.05, 3.63) is 29.8 Å². The number of amides is 1. The average molecular weight is 322 g/mol. The van der Waals surface area contributed by atoms with Crippen molar-refractivity contribution in [2.45, 2.75) is 32.1 Å². The van der Waals surface area contributed by atoms with E-state index in [1.54, 1.807) is 0 Å². The monoisotopic (exact) mass is 322 g/mol. The highest BCUT2D eigenvalue weighted by atomic mass is 16.5. The highest BCUT2D eigenvalue weighted by molar-refractivity contribution is 5.85. The van der Waals surface area contributed by atoms with Crippen LogP contribution in [0.25, 0.3) is 0 Å². The Morgan fingerprint density at radius 2 is 1.83 bits per heavy atom. The van der Waals surface area contributed by atoms with Crippen LogP contribution in [0.15, 0.2) is 24.3 Å². The fraction of sp³-hybridized carbons (Fsp3) is 0.500. The van der Waals surface area contributed by atoms with Gasteiger partial charge in [0.1, 0.15) is 5.75 Å². The van der Waals surface area contributed by atoms with E-state index in [1.807, 2.05) is 18.7 Å². The van der Waals surface area contributed by atoms with Crippen molar-refractivity contribution in [1.82, 2.24) is 10.2 Å². The third-order valence-corrected chi connectivity index (χ3v) is 3.64. The average Bonchev–Trinajstić information content (AvgIpc) is 2.44. The van der Waals surface area contributed by atoms with Crippen LogP contribution in [-0.4, -0.2) is 58.8 Å². The molecule has 0 aromatic heterocycles. The van der Waals surface area contributed by atoms with Crippen LogP contribution in [-0.2, 0) is 14.3 Å². The fourth-order valence-corrected chi connectivity index (χ4v) is 2.78. The van der Waals surface area contributed by atoms with Gasteiger partial charge in [0, 0.05) is 13.1 Å². The van der Waals surface area contributed by atoms with E-state index in [9.17, 15) is 19.8 Å². The summed E-state index contributed by atoms with van der Waals surface area (Å²) in [6.45, 7) is 5.28. The Bertz CT molecular complexity index is 550. The molecule has 0 saturated carbocycles. The highest BCUT2D eigenvalue weighted by Gasteiger charge is 2.26. The van der Waals surface area contributed by atoms with Gasteiger partial charge in [0.05, 0.1) is 18.8 Å². The second-order valence-corrected chi connectivity index (χ2v) is 5.88. The molecule has 7 heteroatoms. The van der Waals surface area contributed by atoms with Crippen molar-refractivity contribution >= 4 is 11.9 Å². The maximum absolute atomic E-state index is 12.2. The molecule has 0 aliphatic carbocycles. The Morgan fingerprint density at radius 1 is 1.26 bits per heavy atom. The molecule has 126 valence electrons. The van der Waals surface area contributed by atoms with Gasteiger partial charge in [0.25, 0.3) is 0 Å². The molecule has 1 aliphatic heterocycles. The van der Waals surface area contributed by atoms with Crippen molar-refractivity contribution in [2.75, 3.05) is 19.6 Å². The van der Waals surface area contributed by atoms with E-state index in [2.05, 4.69) is 5.32 Å². The first-order valence-corrected chi connectivity index (χ1v) is 7.54. The SMILES string of the molecule is C[C@@H]1CN(CC(=O)N[C@@H](C(=O)O)c2ccc(O)cc2)C[C@H](C)O1. The lowest BCUT2D eigenvalue weighted by Crippen LogP contribution is -2.49. The molecule has 1 aliphatic rings. The quantitative estimate of drug-likeness (QED) is 0.739. The van der Waals surface area contributed by atoms with Crippen molar-refractivity contribution in [3.63, 3.8) is 0 Å². The molecule has 1 aromatic carbocycles. The number of ether oxygens (including phenoxy) is 1. The van der Waals surface area contributed by atoms with Gasteiger partial charge in [-0.05, 0) is 31.5 Å². The van der Waals surface area contributed by atoms with Gasteiger partial charge in [-0.2, -0.15) is 0 Å². The van der Waals surface area contributed by atoms with Crippen molar-refractivity contribution < 1.29 is 24.5 Å². The lowest BCUT2D eigenvalue weighted by Gasteiger charge is -2.34. The lowest BCUT2D eigenvalue weighted by molar-refractivity contribution is -0.142. The van der Waals surface area contributed by atoms with E-state index in [1.165, 1.54) is 24.3 Å². The molecule has 1 saturated heterocycles. The number of aromatic hydroxyl groups is 1. The van der Waals surface area contributed by atoms with Gasteiger partial charge < -0.3 is 20.3 Å². The molecule has 1 aromatic rings. The maximum atomic E-state index is 12.2. The number of hydrogen-bond acceptors (Lipinski definition) is 5.